The van der Waals surface area contributed by atoms with Gasteiger partial charge in [-0.25, -0.2) is 8.42 Å². The molecule has 0 unspecified atom stereocenters. The molecule has 2 amide bonds. The molecule has 0 saturated heterocycles. The Morgan fingerprint density at radius 2 is 1.80 bits per heavy atom. The number of nitrogens with zero attached hydrogens (tertiary/aromatic N) is 2. The maximum absolute atomic E-state index is 13.4. The van der Waals surface area contributed by atoms with Crippen LogP contribution < -0.4 is 10.0 Å². The Morgan fingerprint density at radius 3 is 2.39 bits per heavy atom. The maximum Gasteiger partial charge on any atom is 0.263 e. The molecule has 0 spiro atoms. The van der Waals surface area contributed by atoms with E-state index in [1.165, 1.54) is 6.07 Å². The van der Waals surface area contributed by atoms with Gasteiger partial charge in [0.05, 0.1) is 11.5 Å². The highest BCUT2D eigenvalue weighted by Gasteiger charge is 2.32. The third-order valence-electron chi connectivity index (χ3n) is 7.09. The van der Waals surface area contributed by atoms with Crippen LogP contribution in [0.1, 0.15) is 62.5 Å². The molecule has 1 atom stereocenters. The quantitative estimate of drug-likeness (QED) is 0.268. The molecule has 0 saturated carbocycles. The van der Waals surface area contributed by atoms with E-state index < -0.39 is 16.1 Å². The number of likely N-dealkylation sites (N-methyl/N-ethyl adjacent to an activating group) is 1. The lowest BCUT2D eigenvalue weighted by Crippen LogP contribution is -2.51. The molecule has 1 heterocycles. The first-order chi connectivity index (χ1) is 19.4. The fourth-order valence-electron chi connectivity index (χ4n) is 4.72. The van der Waals surface area contributed by atoms with E-state index >= 15 is 0 Å². The summed E-state index contributed by atoms with van der Waals surface area (Å²) in [5.74, 6) is 0.128. The third-order valence-corrected chi connectivity index (χ3v) is 8.49. The number of aromatic nitrogens is 1. The highest BCUT2D eigenvalue weighted by Crippen LogP contribution is 2.33. The Hall–Kier alpha value is -3.70. The van der Waals surface area contributed by atoms with Gasteiger partial charge in [0.2, 0.25) is 11.8 Å². The Bertz CT molecular complexity index is 1480. The van der Waals surface area contributed by atoms with Crippen molar-refractivity contribution in [2.75, 3.05) is 11.8 Å². The van der Waals surface area contributed by atoms with Gasteiger partial charge in [-0.15, -0.1) is 0 Å². The second-order valence-electron chi connectivity index (χ2n) is 10.4. The Labute approximate surface area is 242 Å². The summed E-state index contributed by atoms with van der Waals surface area (Å²) >= 11 is 0. The summed E-state index contributed by atoms with van der Waals surface area (Å²) in [6.45, 7) is 9.01. The van der Waals surface area contributed by atoms with Crippen LogP contribution in [0.15, 0.2) is 51.9 Å². The first-order valence-electron chi connectivity index (χ1n) is 13.7. The van der Waals surface area contributed by atoms with Crippen molar-refractivity contribution in [2.45, 2.75) is 78.0 Å². The number of nitrogens with one attached hydrogen (secondary N) is 2. The van der Waals surface area contributed by atoms with Crippen LogP contribution in [0.5, 0.6) is 0 Å². The molecular weight excluding hydrogens is 544 g/mol. The van der Waals surface area contributed by atoms with Gasteiger partial charge in [0.25, 0.3) is 10.0 Å². The molecule has 3 aromatic rings. The zero-order valence-corrected chi connectivity index (χ0v) is 25.3. The summed E-state index contributed by atoms with van der Waals surface area (Å²) in [7, 11) is -2.51. The van der Waals surface area contributed by atoms with Crippen LogP contribution in [-0.4, -0.2) is 48.5 Å². The minimum Gasteiger partial charge on any atom is -0.392 e. The molecule has 222 valence electrons. The first kappa shape index (κ1) is 31.8. The fraction of sp³-hybridized carbons (Fsp3) is 0.433. The van der Waals surface area contributed by atoms with Crippen molar-refractivity contribution < 1.29 is 27.6 Å². The van der Waals surface area contributed by atoms with Crippen molar-refractivity contribution in [1.29, 1.82) is 0 Å². The highest BCUT2D eigenvalue weighted by atomic mass is 32.2. The predicted molar refractivity (Wildman–Crippen MR) is 157 cm³/mol. The molecule has 2 aromatic carbocycles. The molecular formula is C30H40N4O6S. The van der Waals surface area contributed by atoms with E-state index in [2.05, 4.69) is 15.2 Å². The van der Waals surface area contributed by atoms with Gasteiger partial charge in [0.15, 0.2) is 5.82 Å². The van der Waals surface area contributed by atoms with Gasteiger partial charge in [-0.05, 0) is 48.9 Å². The molecule has 0 bridgehead atoms. The average Bonchev–Trinajstić information content (AvgIpc) is 3.26. The number of aryl methyl sites for hydroxylation is 1. The summed E-state index contributed by atoms with van der Waals surface area (Å²) in [5, 5.41) is 16.8. The lowest BCUT2D eigenvalue weighted by Gasteiger charge is -2.33. The van der Waals surface area contributed by atoms with Gasteiger partial charge in [0.1, 0.15) is 11.8 Å². The third kappa shape index (κ3) is 7.34. The van der Waals surface area contributed by atoms with E-state index in [9.17, 15) is 23.1 Å². The molecule has 0 aliphatic carbocycles. The van der Waals surface area contributed by atoms with Crippen LogP contribution in [0.25, 0.3) is 11.1 Å². The molecule has 3 N–H and O–H groups in total. The number of aliphatic hydroxyl groups is 1. The summed E-state index contributed by atoms with van der Waals surface area (Å²) in [4.78, 5) is 27.7. The molecule has 0 radical (unpaired) electrons. The first-order valence-corrected chi connectivity index (χ1v) is 15.2. The van der Waals surface area contributed by atoms with Crippen LogP contribution >= 0.6 is 0 Å². The van der Waals surface area contributed by atoms with Gasteiger partial charge in [-0.2, -0.15) is 0 Å². The van der Waals surface area contributed by atoms with E-state index in [-0.39, 0.29) is 41.6 Å². The number of benzene rings is 2. The van der Waals surface area contributed by atoms with Crippen molar-refractivity contribution in [3.8, 4) is 11.1 Å². The molecule has 11 heteroatoms. The average molecular weight is 585 g/mol. The van der Waals surface area contributed by atoms with E-state index in [0.717, 1.165) is 6.42 Å². The SMILES string of the molecule is CCCCC(=O)N(Cc1ccc(-c2ccccc2S(=O)(=O)Nc2noc(C)c2C)c(CO)c1)[C@H](C(=O)NC)C(C)C. The molecule has 1 aromatic heterocycles. The van der Waals surface area contributed by atoms with Gasteiger partial charge >= 0.3 is 0 Å². The predicted octanol–water partition coefficient (Wildman–Crippen LogP) is 4.54. The molecule has 10 nitrogen and oxygen atoms in total. The van der Waals surface area contributed by atoms with Crippen molar-refractivity contribution in [2.24, 2.45) is 5.92 Å². The maximum atomic E-state index is 13.4. The summed E-state index contributed by atoms with van der Waals surface area (Å²) in [6.07, 6.45) is 1.88. The Morgan fingerprint density at radius 1 is 1.10 bits per heavy atom. The normalized spacial score (nSPS) is 12.3. The van der Waals surface area contributed by atoms with E-state index in [1.807, 2.05) is 20.8 Å². The van der Waals surface area contributed by atoms with Crippen LogP contribution in [0.2, 0.25) is 0 Å². The second-order valence-corrected chi connectivity index (χ2v) is 12.0. The zero-order chi connectivity index (χ0) is 30.3. The minimum absolute atomic E-state index is 0.0124. The second kappa shape index (κ2) is 13.8. The fourth-order valence-corrected chi connectivity index (χ4v) is 6.00. The van der Waals surface area contributed by atoms with E-state index in [4.69, 9.17) is 4.52 Å². The van der Waals surface area contributed by atoms with Crippen molar-refractivity contribution in [3.05, 3.63) is 64.9 Å². The number of sulfonamides is 1. The molecule has 41 heavy (non-hydrogen) atoms. The topological polar surface area (TPSA) is 142 Å². The number of carbonyl (C=O) groups excluding carboxylic acids is 2. The van der Waals surface area contributed by atoms with Crippen molar-refractivity contribution in [1.82, 2.24) is 15.4 Å². The van der Waals surface area contributed by atoms with E-state index in [1.54, 1.807) is 62.2 Å². The zero-order valence-electron chi connectivity index (χ0n) is 24.5. The van der Waals surface area contributed by atoms with Gasteiger partial charge < -0.3 is 19.8 Å². The molecule has 0 aliphatic rings. The molecule has 3 rings (SSSR count). The summed E-state index contributed by atoms with van der Waals surface area (Å²) in [5.41, 5.74) is 2.71. The number of amides is 2. The highest BCUT2D eigenvalue weighted by molar-refractivity contribution is 7.92. The number of unbranched alkanes of at least 4 members (excludes halogenated alkanes) is 1. The Balaban J connectivity index is 2.02. The molecule has 0 aliphatic heterocycles. The molecule has 0 fully saturated rings. The number of carbonyl (C=O) groups is 2. The lowest BCUT2D eigenvalue weighted by molar-refractivity contribution is -0.142. The van der Waals surface area contributed by atoms with Gasteiger partial charge in [-0.1, -0.05) is 68.7 Å². The number of hydrogen-bond acceptors (Lipinski definition) is 7. The van der Waals surface area contributed by atoms with Gasteiger partial charge in [0, 0.05) is 31.1 Å². The van der Waals surface area contributed by atoms with Gasteiger partial charge in [-0.3, -0.25) is 14.3 Å². The monoisotopic (exact) mass is 584 g/mol. The summed E-state index contributed by atoms with van der Waals surface area (Å²) in [6, 6.07) is 11.1. The van der Waals surface area contributed by atoms with E-state index in [0.29, 0.717) is 46.4 Å². The summed E-state index contributed by atoms with van der Waals surface area (Å²) < 4.78 is 34.5. The van der Waals surface area contributed by atoms with Crippen molar-refractivity contribution in [3.63, 3.8) is 0 Å². The minimum atomic E-state index is -4.06. The number of anilines is 1. The van der Waals surface area contributed by atoms with Crippen LogP contribution in [-0.2, 0) is 32.8 Å². The number of rotatable bonds is 13. The Kier molecular flexibility index (Phi) is 10.7. The van der Waals surface area contributed by atoms with Crippen LogP contribution in [0.3, 0.4) is 0 Å². The smallest absolute Gasteiger partial charge is 0.263 e. The van der Waals surface area contributed by atoms with Crippen LogP contribution in [0.4, 0.5) is 5.82 Å². The lowest BCUT2D eigenvalue weighted by atomic mass is 9.96. The van der Waals surface area contributed by atoms with Crippen LogP contribution in [0, 0.1) is 19.8 Å². The standard InChI is InChI=1S/C30H40N4O6S/c1-7-8-13-27(36)34(28(19(2)3)30(37)31-6)17-22-14-15-24(23(16-22)18-35)25-11-9-10-12-26(25)41(38,39)33-29-20(4)21(5)40-32-29/h9-12,14-16,19,28,35H,7-8,13,17-18H2,1-6H3,(H,31,37)(H,32,33)/t28-/m0/s1. The largest absolute Gasteiger partial charge is 0.392 e. The number of aliphatic hydroxyl groups excluding tert-OH is 1. The number of hydrogen-bond donors (Lipinski definition) is 3. The van der Waals surface area contributed by atoms with Crippen molar-refractivity contribution >= 4 is 27.7 Å².